The Hall–Kier alpha value is -4.08. The third kappa shape index (κ3) is 3.94. The van der Waals surface area contributed by atoms with Gasteiger partial charge in [0, 0.05) is 23.4 Å². The lowest BCUT2D eigenvalue weighted by atomic mass is 10.0. The van der Waals surface area contributed by atoms with E-state index in [1.165, 1.54) is 4.90 Å². The Bertz CT molecular complexity index is 1500. The number of pyridine rings is 1. The lowest BCUT2D eigenvalue weighted by Crippen LogP contribution is -2.37. The predicted octanol–water partition coefficient (Wildman–Crippen LogP) is 5.57. The van der Waals surface area contributed by atoms with Crippen molar-refractivity contribution in [3.05, 3.63) is 77.3 Å². The average Bonchev–Trinajstić information content (AvgIpc) is 3.19. The minimum Gasteiger partial charge on any atom is -0.496 e. The number of ether oxygens (including phenoxy) is 2. The van der Waals surface area contributed by atoms with Gasteiger partial charge in [0.15, 0.2) is 6.54 Å². The molecule has 2 N–H and O–H groups in total. The summed E-state index contributed by atoms with van der Waals surface area (Å²) in [7, 11) is 5.44. The van der Waals surface area contributed by atoms with E-state index < -0.39 is 0 Å². The summed E-state index contributed by atoms with van der Waals surface area (Å²) < 4.78 is 13.2. The number of benzene rings is 3. The highest BCUT2D eigenvalue weighted by atomic mass is 32.2. The van der Waals surface area contributed by atoms with Crippen molar-refractivity contribution in [1.82, 2.24) is 0 Å². The maximum absolute atomic E-state index is 6.40. The van der Waals surface area contributed by atoms with Crippen LogP contribution in [0.4, 0.5) is 11.5 Å². The van der Waals surface area contributed by atoms with E-state index in [4.69, 9.17) is 21.6 Å². The van der Waals surface area contributed by atoms with E-state index >= 15 is 0 Å². The first-order valence-electron chi connectivity index (χ1n) is 11.2. The van der Waals surface area contributed by atoms with Gasteiger partial charge in [-0.2, -0.15) is 0 Å². The first-order valence-corrected chi connectivity index (χ1v) is 12.0. The van der Waals surface area contributed by atoms with Crippen molar-refractivity contribution in [2.24, 2.45) is 0 Å². The highest BCUT2D eigenvalue weighted by molar-refractivity contribution is 8.03. The fraction of sp³-hybridized carbons (Fsp3) is 0.138. The molecule has 0 saturated heterocycles. The van der Waals surface area contributed by atoms with Crippen LogP contribution < -0.4 is 24.7 Å². The fourth-order valence-corrected chi connectivity index (χ4v) is 5.66. The van der Waals surface area contributed by atoms with Crippen LogP contribution in [0, 0.1) is 12.3 Å². The standard InChI is InChI=1S/C29H25N3O2S/c1-5-15-32-22-10-7-6-9-21(22)20(17-27(32)30)18-28-31(2)23-14-13-19(16-26(23)35-28)29-24(33-3)11-8-12-25(29)34-4/h1,6-14,16-18,30H,15H2,2-4H3/p+1. The predicted molar refractivity (Wildman–Crippen MR) is 145 cm³/mol. The first-order chi connectivity index (χ1) is 17.0. The molecule has 1 aliphatic heterocycles. The number of anilines is 2. The van der Waals surface area contributed by atoms with Crippen molar-refractivity contribution < 1.29 is 14.0 Å². The maximum Gasteiger partial charge on any atom is 0.274 e. The Morgan fingerprint density at radius 2 is 1.77 bits per heavy atom. The van der Waals surface area contributed by atoms with Crippen LogP contribution in [0.2, 0.25) is 0 Å². The third-order valence-electron chi connectivity index (χ3n) is 6.23. The van der Waals surface area contributed by atoms with E-state index in [1.54, 1.807) is 26.0 Å². The lowest BCUT2D eigenvalue weighted by Gasteiger charge is -2.16. The van der Waals surface area contributed by atoms with Crippen molar-refractivity contribution in [2.45, 2.75) is 11.4 Å². The number of hydrogen-bond acceptors (Lipinski definition) is 5. The second kappa shape index (κ2) is 9.28. The molecule has 1 aromatic heterocycles. The molecule has 0 atom stereocenters. The fourth-order valence-electron chi connectivity index (χ4n) is 4.52. The Labute approximate surface area is 209 Å². The SMILES string of the molecule is C#CC[n+]1c(N)cc(C=C2Sc3cc(-c4c(OC)cccc4OC)ccc3N2C)c2ccccc21. The maximum atomic E-state index is 6.40. The number of nitrogens with two attached hydrogens (primary N) is 1. The van der Waals surface area contributed by atoms with E-state index in [9.17, 15) is 0 Å². The highest BCUT2D eigenvalue weighted by Crippen LogP contribution is 2.49. The van der Waals surface area contributed by atoms with Crippen LogP contribution >= 0.6 is 11.8 Å². The van der Waals surface area contributed by atoms with E-state index in [0.29, 0.717) is 12.4 Å². The summed E-state index contributed by atoms with van der Waals surface area (Å²) in [6.07, 6.45) is 7.77. The molecule has 5 rings (SSSR count). The highest BCUT2D eigenvalue weighted by Gasteiger charge is 2.25. The molecule has 0 spiro atoms. The Balaban J connectivity index is 1.57. The monoisotopic (exact) mass is 480 g/mol. The molecular weight excluding hydrogens is 454 g/mol. The third-order valence-corrected chi connectivity index (χ3v) is 7.38. The smallest absolute Gasteiger partial charge is 0.274 e. The zero-order chi connectivity index (χ0) is 24.5. The molecule has 6 heteroatoms. The Morgan fingerprint density at radius 3 is 2.49 bits per heavy atom. The summed E-state index contributed by atoms with van der Waals surface area (Å²) in [5.41, 5.74) is 11.6. The molecule has 174 valence electrons. The molecule has 0 saturated carbocycles. The van der Waals surface area contributed by atoms with Crippen LogP contribution in [0.5, 0.6) is 11.5 Å². The molecule has 0 radical (unpaired) electrons. The minimum absolute atomic E-state index is 0.429. The van der Waals surface area contributed by atoms with Gasteiger partial charge < -0.3 is 14.4 Å². The number of thioether (sulfide) groups is 1. The largest absolute Gasteiger partial charge is 0.496 e. The zero-order valence-electron chi connectivity index (χ0n) is 19.9. The number of nitrogens with zero attached hydrogens (tertiary/aromatic N) is 2. The number of methoxy groups -OCH3 is 2. The number of nitrogen functional groups attached to an aromatic ring is 1. The van der Waals surface area contributed by atoms with Crippen LogP contribution in [0.15, 0.2) is 76.7 Å². The first kappa shape index (κ1) is 22.7. The van der Waals surface area contributed by atoms with Gasteiger partial charge in [0.05, 0.1) is 30.5 Å². The summed E-state index contributed by atoms with van der Waals surface area (Å²) >= 11 is 1.73. The van der Waals surface area contributed by atoms with Crippen molar-refractivity contribution in [2.75, 3.05) is 31.9 Å². The summed E-state index contributed by atoms with van der Waals surface area (Å²) in [5, 5.41) is 2.22. The van der Waals surface area contributed by atoms with E-state index in [1.807, 2.05) is 41.0 Å². The average molecular weight is 481 g/mol. The van der Waals surface area contributed by atoms with Crippen molar-refractivity contribution in [3.8, 4) is 35.0 Å². The number of rotatable bonds is 5. The molecule has 4 aromatic rings. The quantitative estimate of drug-likeness (QED) is 0.299. The van der Waals surface area contributed by atoms with E-state index in [2.05, 4.69) is 54.3 Å². The molecule has 0 fully saturated rings. The molecule has 0 unspecified atom stereocenters. The number of terminal acetylenes is 1. The van der Waals surface area contributed by atoms with Gasteiger partial charge in [-0.1, -0.05) is 48.0 Å². The zero-order valence-corrected chi connectivity index (χ0v) is 20.7. The normalized spacial score (nSPS) is 13.7. The molecule has 0 aliphatic carbocycles. The van der Waals surface area contributed by atoms with Gasteiger partial charge in [0.2, 0.25) is 0 Å². The van der Waals surface area contributed by atoms with Crippen LogP contribution in [0.1, 0.15) is 5.56 Å². The minimum atomic E-state index is 0.429. The van der Waals surface area contributed by atoms with Gasteiger partial charge in [-0.3, -0.25) is 5.73 Å². The Kier molecular flexibility index (Phi) is 6.02. The lowest BCUT2D eigenvalue weighted by molar-refractivity contribution is -0.643. The van der Waals surface area contributed by atoms with Crippen LogP contribution in [0.25, 0.3) is 28.1 Å². The van der Waals surface area contributed by atoms with Crippen molar-refractivity contribution in [1.29, 1.82) is 0 Å². The van der Waals surface area contributed by atoms with Crippen LogP contribution in [-0.2, 0) is 6.54 Å². The van der Waals surface area contributed by atoms with Crippen LogP contribution in [0.3, 0.4) is 0 Å². The molecule has 0 amide bonds. The van der Waals surface area contributed by atoms with Crippen molar-refractivity contribution in [3.63, 3.8) is 0 Å². The second-order valence-electron chi connectivity index (χ2n) is 8.20. The van der Waals surface area contributed by atoms with Gasteiger partial charge >= 0.3 is 0 Å². The number of fused-ring (bicyclic) bond motifs is 2. The van der Waals surface area contributed by atoms with Crippen molar-refractivity contribution >= 4 is 40.2 Å². The molecular formula is C29H26N3O2S+. The second-order valence-corrected chi connectivity index (χ2v) is 9.26. The topological polar surface area (TPSA) is 51.6 Å². The summed E-state index contributed by atoms with van der Waals surface area (Å²) in [4.78, 5) is 3.37. The number of para-hydroxylation sites is 1. The molecule has 1 aliphatic rings. The molecule has 5 nitrogen and oxygen atoms in total. The molecule has 2 heterocycles. The van der Waals surface area contributed by atoms with E-state index in [-0.39, 0.29) is 0 Å². The number of aromatic nitrogens is 1. The Morgan fingerprint density at radius 1 is 1.03 bits per heavy atom. The number of hydrogen-bond donors (Lipinski definition) is 1. The molecule has 3 aromatic carbocycles. The molecule has 35 heavy (non-hydrogen) atoms. The van der Waals surface area contributed by atoms with E-state index in [0.717, 1.165) is 49.8 Å². The molecule has 0 bridgehead atoms. The van der Waals surface area contributed by atoms with Gasteiger partial charge in [-0.05, 0) is 47.5 Å². The van der Waals surface area contributed by atoms with Gasteiger partial charge in [0.1, 0.15) is 17.0 Å². The summed E-state index contributed by atoms with van der Waals surface area (Å²) in [5.74, 6) is 4.90. The van der Waals surface area contributed by atoms with Gasteiger partial charge in [-0.15, -0.1) is 6.42 Å². The van der Waals surface area contributed by atoms with Gasteiger partial charge in [-0.25, -0.2) is 4.57 Å². The van der Waals surface area contributed by atoms with Gasteiger partial charge in [0.25, 0.3) is 5.82 Å². The van der Waals surface area contributed by atoms with Crippen LogP contribution in [-0.4, -0.2) is 21.3 Å². The summed E-state index contributed by atoms with van der Waals surface area (Å²) in [6.45, 7) is 0.429. The summed E-state index contributed by atoms with van der Waals surface area (Å²) in [6, 6.07) is 22.5.